The summed E-state index contributed by atoms with van der Waals surface area (Å²) < 4.78 is 4.69. The third kappa shape index (κ3) is 2.42. The molecule has 26 heavy (non-hydrogen) atoms. The monoisotopic (exact) mass is 354 g/mol. The van der Waals surface area contributed by atoms with Crippen LogP contribution in [0.3, 0.4) is 0 Å². The first kappa shape index (κ1) is 16.5. The number of amides is 3. The van der Waals surface area contributed by atoms with Crippen LogP contribution in [0.4, 0.5) is 5.69 Å². The summed E-state index contributed by atoms with van der Waals surface area (Å²) >= 11 is 0. The average Bonchev–Trinajstić information content (AvgIpc) is 3.31. The Labute approximate surface area is 150 Å². The summed E-state index contributed by atoms with van der Waals surface area (Å²) in [4.78, 5) is 50.5. The standard InChI is InChI=1S/C19H18N2O5/c1-26-19(25)12-4-2-3-5-13(12)20-14(22)9-21-17(23)15-10-6-7-11(8-10)16(15)18(21)24/h2-7,10-11,15-16H,8-9H2,1H3,(H,20,22). The maximum absolute atomic E-state index is 12.6. The summed E-state index contributed by atoms with van der Waals surface area (Å²) in [6, 6.07) is 6.42. The van der Waals surface area contributed by atoms with E-state index >= 15 is 0 Å². The second-order valence-corrected chi connectivity index (χ2v) is 6.85. The number of benzene rings is 1. The summed E-state index contributed by atoms with van der Waals surface area (Å²) in [6.07, 6.45) is 4.86. The van der Waals surface area contributed by atoms with Gasteiger partial charge in [0, 0.05) is 0 Å². The normalized spacial score (nSPS) is 28.4. The van der Waals surface area contributed by atoms with Crippen LogP contribution in [0.5, 0.6) is 0 Å². The molecule has 0 aromatic heterocycles. The molecule has 4 rings (SSSR count). The van der Waals surface area contributed by atoms with Gasteiger partial charge in [-0.05, 0) is 30.4 Å². The summed E-state index contributed by atoms with van der Waals surface area (Å²) in [5.41, 5.74) is 0.493. The number of hydrogen-bond acceptors (Lipinski definition) is 5. The van der Waals surface area contributed by atoms with E-state index in [0.29, 0.717) is 0 Å². The lowest BCUT2D eigenvalue weighted by Crippen LogP contribution is -2.39. The van der Waals surface area contributed by atoms with Crippen LogP contribution in [0.1, 0.15) is 16.8 Å². The Kier molecular flexibility index (Phi) is 3.86. The number of nitrogens with zero attached hydrogens (tertiary/aromatic N) is 1. The third-order valence-corrected chi connectivity index (χ3v) is 5.47. The fourth-order valence-corrected chi connectivity index (χ4v) is 4.33. The highest BCUT2D eigenvalue weighted by atomic mass is 16.5. The van der Waals surface area contributed by atoms with Crippen molar-refractivity contribution >= 4 is 29.4 Å². The van der Waals surface area contributed by atoms with Crippen molar-refractivity contribution in [1.82, 2.24) is 4.90 Å². The summed E-state index contributed by atoms with van der Waals surface area (Å²) in [5.74, 6) is -2.08. The molecule has 1 aliphatic heterocycles. The molecule has 4 atom stereocenters. The molecular weight excluding hydrogens is 336 g/mol. The number of esters is 1. The predicted octanol–water partition coefficient (Wildman–Crippen LogP) is 1.22. The van der Waals surface area contributed by atoms with Crippen molar-refractivity contribution < 1.29 is 23.9 Å². The third-order valence-electron chi connectivity index (χ3n) is 5.47. The van der Waals surface area contributed by atoms with Crippen molar-refractivity contribution in [2.24, 2.45) is 23.7 Å². The van der Waals surface area contributed by atoms with Gasteiger partial charge < -0.3 is 10.1 Å². The van der Waals surface area contributed by atoms with Gasteiger partial charge in [-0.2, -0.15) is 0 Å². The minimum atomic E-state index is -0.577. The number of ether oxygens (including phenoxy) is 1. The number of carbonyl (C=O) groups is 4. The van der Waals surface area contributed by atoms with Gasteiger partial charge in [0.15, 0.2) is 0 Å². The zero-order valence-corrected chi connectivity index (χ0v) is 14.2. The Hall–Kier alpha value is -2.96. The quantitative estimate of drug-likeness (QED) is 0.499. The molecule has 4 unspecified atom stereocenters. The number of rotatable bonds is 4. The first-order chi connectivity index (χ1) is 12.5. The molecule has 3 aliphatic rings. The van der Waals surface area contributed by atoms with Crippen LogP contribution in [0, 0.1) is 23.7 Å². The van der Waals surface area contributed by atoms with E-state index in [2.05, 4.69) is 5.32 Å². The summed E-state index contributed by atoms with van der Waals surface area (Å²) in [5, 5.41) is 2.60. The molecule has 2 aliphatic carbocycles. The molecule has 7 heteroatoms. The lowest BCUT2D eigenvalue weighted by atomic mass is 9.85. The number of likely N-dealkylation sites (tertiary alicyclic amines) is 1. The first-order valence-electron chi connectivity index (χ1n) is 8.52. The van der Waals surface area contributed by atoms with Crippen molar-refractivity contribution in [1.29, 1.82) is 0 Å². The van der Waals surface area contributed by atoms with Crippen molar-refractivity contribution in [3.63, 3.8) is 0 Å². The molecule has 2 bridgehead atoms. The zero-order chi connectivity index (χ0) is 18.4. The van der Waals surface area contributed by atoms with Crippen LogP contribution in [-0.2, 0) is 19.1 Å². The number of carbonyl (C=O) groups excluding carboxylic acids is 4. The van der Waals surface area contributed by atoms with Gasteiger partial charge in [-0.1, -0.05) is 24.3 Å². The fourth-order valence-electron chi connectivity index (χ4n) is 4.33. The van der Waals surface area contributed by atoms with Gasteiger partial charge in [-0.15, -0.1) is 0 Å². The van der Waals surface area contributed by atoms with Gasteiger partial charge in [0.1, 0.15) is 6.54 Å². The Balaban J connectivity index is 1.48. The van der Waals surface area contributed by atoms with Crippen molar-refractivity contribution in [2.75, 3.05) is 19.0 Å². The maximum atomic E-state index is 12.6. The molecule has 1 saturated carbocycles. The Morgan fingerprint density at radius 1 is 1.12 bits per heavy atom. The Morgan fingerprint density at radius 3 is 2.35 bits per heavy atom. The zero-order valence-electron chi connectivity index (χ0n) is 14.2. The summed E-state index contributed by atoms with van der Waals surface area (Å²) in [7, 11) is 1.25. The Morgan fingerprint density at radius 2 is 1.73 bits per heavy atom. The van der Waals surface area contributed by atoms with E-state index in [-0.39, 0.29) is 53.3 Å². The van der Waals surface area contributed by atoms with Gasteiger partial charge in [0.05, 0.1) is 30.2 Å². The van der Waals surface area contributed by atoms with Crippen molar-refractivity contribution in [3.8, 4) is 0 Å². The second-order valence-electron chi connectivity index (χ2n) is 6.85. The number of anilines is 1. The number of fused-ring (bicyclic) bond motifs is 5. The molecule has 1 heterocycles. The molecule has 3 amide bonds. The number of imide groups is 1. The van der Waals surface area contributed by atoms with Gasteiger partial charge >= 0.3 is 5.97 Å². The number of hydrogen-bond donors (Lipinski definition) is 1. The van der Waals surface area contributed by atoms with E-state index in [0.717, 1.165) is 11.3 Å². The molecule has 2 fully saturated rings. The number of allylic oxidation sites excluding steroid dienone is 2. The minimum Gasteiger partial charge on any atom is -0.465 e. The molecule has 0 spiro atoms. The highest BCUT2D eigenvalue weighted by Crippen LogP contribution is 2.52. The van der Waals surface area contributed by atoms with Crippen molar-refractivity contribution in [2.45, 2.75) is 6.42 Å². The lowest BCUT2D eigenvalue weighted by Gasteiger charge is -2.17. The van der Waals surface area contributed by atoms with E-state index in [4.69, 9.17) is 4.74 Å². The molecule has 1 aromatic rings. The lowest BCUT2D eigenvalue weighted by molar-refractivity contribution is -0.143. The van der Waals surface area contributed by atoms with Crippen molar-refractivity contribution in [3.05, 3.63) is 42.0 Å². The van der Waals surface area contributed by atoms with E-state index in [1.807, 2.05) is 12.2 Å². The van der Waals surface area contributed by atoms with E-state index in [9.17, 15) is 19.2 Å². The highest BCUT2D eigenvalue weighted by molar-refractivity contribution is 6.10. The molecule has 7 nitrogen and oxygen atoms in total. The molecular formula is C19H18N2O5. The number of para-hydroxylation sites is 1. The highest BCUT2D eigenvalue weighted by Gasteiger charge is 2.59. The minimum absolute atomic E-state index is 0.106. The number of methoxy groups -OCH3 is 1. The largest absolute Gasteiger partial charge is 0.465 e. The summed E-state index contributed by atoms with van der Waals surface area (Å²) in [6.45, 7) is -0.348. The van der Waals surface area contributed by atoms with Crippen LogP contribution in [0.2, 0.25) is 0 Å². The van der Waals surface area contributed by atoms with Crippen LogP contribution < -0.4 is 5.32 Å². The topological polar surface area (TPSA) is 92.8 Å². The molecule has 1 aromatic carbocycles. The molecule has 0 radical (unpaired) electrons. The van der Waals surface area contributed by atoms with E-state index in [1.165, 1.54) is 13.2 Å². The molecule has 1 saturated heterocycles. The smallest absolute Gasteiger partial charge is 0.339 e. The predicted molar refractivity (Wildman–Crippen MR) is 90.8 cm³/mol. The van der Waals surface area contributed by atoms with Crippen LogP contribution >= 0.6 is 0 Å². The van der Waals surface area contributed by atoms with Gasteiger partial charge in [0.25, 0.3) is 0 Å². The first-order valence-corrected chi connectivity index (χ1v) is 8.52. The fraction of sp³-hybridized carbons (Fsp3) is 0.368. The van der Waals surface area contributed by atoms with Crippen LogP contribution in [-0.4, -0.2) is 42.2 Å². The molecule has 1 N–H and O–H groups in total. The average molecular weight is 354 g/mol. The van der Waals surface area contributed by atoms with Gasteiger partial charge in [-0.3, -0.25) is 19.3 Å². The van der Waals surface area contributed by atoms with Gasteiger partial charge in [0.2, 0.25) is 17.7 Å². The SMILES string of the molecule is COC(=O)c1ccccc1NC(=O)CN1C(=O)C2C3C=CC(C3)C2C1=O. The van der Waals surface area contributed by atoms with Crippen LogP contribution in [0.15, 0.2) is 36.4 Å². The molecule has 134 valence electrons. The van der Waals surface area contributed by atoms with E-state index < -0.39 is 11.9 Å². The number of nitrogens with one attached hydrogen (secondary N) is 1. The Bertz CT molecular complexity index is 816. The maximum Gasteiger partial charge on any atom is 0.339 e. The second kappa shape index (κ2) is 6.09. The van der Waals surface area contributed by atoms with E-state index in [1.54, 1.807) is 18.2 Å². The van der Waals surface area contributed by atoms with Gasteiger partial charge in [-0.25, -0.2) is 4.79 Å². The van der Waals surface area contributed by atoms with Crippen LogP contribution in [0.25, 0.3) is 0 Å².